The molecule has 0 saturated carbocycles. The Hall–Kier alpha value is -0.610. The van der Waals surface area contributed by atoms with Crippen molar-refractivity contribution in [2.75, 3.05) is 40.3 Å². The minimum absolute atomic E-state index is 0.0984. The van der Waals surface area contributed by atoms with Gasteiger partial charge in [0.2, 0.25) is 0 Å². The Labute approximate surface area is 79.4 Å². The van der Waals surface area contributed by atoms with E-state index in [4.69, 9.17) is 4.74 Å². The van der Waals surface area contributed by atoms with E-state index in [9.17, 15) is 4.79 Å². The fourth-order valence-corrected chi connectivity index (χ4v) is 1.53. The van der Waals surface area contributed by atoms with Crippen molar-refractivity contribution >= 4 is 5.97 Å². The summed E-state index contributed by atoms with van der Waals surface area (Å²) in [6.45, 7) is 5.86. The highest BCUT2D eigenvalue weighted by Gasteiger charge is 2.24. The van der Waals surface area contributed by atoms with Crippen LogP contribution in [-0.4, -0.2) is 62.1 Å². The molecule has 1 saturated heterocycles. The van der Waals surface area contributed by atoms with Crippen molar-refractivity contribution in [2.24, 2.45) is 0 Å². The van der Waals surface area contributed by atoms with E-state index in [2.05, 4.69) is 16.8 Å². The summed E-state index contributed by atoms with van der Waals surface area (Å²) in [5, 5.41) is 0. The van der Waals surface area contributed by atoms with Crippen molar-refractivity contribution in [1.29, 1.82) is 0 Å². The Morgan fingerprint density at radius 2 is 1.85 bits per heavy atom. The lowest BCUT2D eigenvalue weighted by Crippen LogP contribution is -2.50. The van der Waals surface area contributed by atoms with E-state index in [0.29, 0.717) is 0 Å². The summed E-state index contributed by atoms with van der Waals surface area (Å²) in [5.74, 6) is -0.135. The molecule has 0 spiro atoms. The summed E-state index contributed by atoms with van der Waals surface area (Å²) in [6.07, 6.45) is 0. The van der Waals surface area contributed by atoms with Crippen LogP contribution in [-0.2, 0) is 9.53 Å². The maximum Gasteiger partial charge on any atom is 0.322 e. The number of piperazine rings is 1. The monoisotopic (exact) mass is 186 g/mol. The lowest BCUT2D eigenvalue weighted by molar-refractivity contribution is -0.146. The average Bonchev–Trinajstić information content (AvgIpc) is 2.17. The molecule has 0 N–H and O–H groups in total. The molecule has 1 fully saturated rings. The Balaban J connectivity index is 2.39. The molecule has 1 rings (SSSR count). The van der Waals surface area contributed by atoms with Gasteiger partial charge in [-0.15, -0.1) is 0 Å². The van der Waals surface area contributed by atoms with Gasteiger partial charge in [0, 0.05) is 26.2 Å². The van der Waals surface area contributed by atoms with E-state index in [1.165, 1.54) is 7.11 Å². The van der Waals surface area contributed by atoms with E-state index in [1.54, 1.807) is 0 Å². The number of carbonyl (C=O) groups excluding carboxylic acids is 1. The highest BCUT2D eigenvalue weighted by molar-refractivity contribution is 5.75. The summed E-state index contributed by atoms with van der Waals surface area (Å²) >= 11 is 0. The number of nitrogens with zero attached hydrogens (tertiary/aromatic N) is 2. The third-order valence-corrected chi connectivity index (χ3v) is 2.63. The molecule has 76 valence electrons. The Morgan fingerprint density at radius 3 is 2.31 bits per heavy atom. The molecule has 13 heavy (non-hydrogen) atoms. The van der Waals surface area contributed by atoms with Gasteiger partial charge in [0.15, 0.2) is 0 Å². The number of hydrogen-bond acceptors (Lipinski definition) is 4. The van der Waals surface area contributed by atoms with Crippen molar-refractivity contribution in [3.05, 3.63) is 0 Å². The van der Waals surface area contributed by atoms with Crippen LogP contribution in [0, 0.1) is 0 Å². The Bertz CT molecular complexity index is 176. The molecule has 1 atom stereocenters. The third-order valence-electron chi connectivity index (χ3n) is 2.63. The van der Waals surface area contributed by atoms with Crippen LogP contribution in [0.1, 0.15) is 6.92 Å². The first-order valence-corrected chi connectivity index (χ1v) is 4.65. The van der Waals surface area contributed by atoms with E-state index in [0.717, 1.165) is 26.2 Å². The van der Waals surface area contributed by atoms with Crippen LogP contribution < -0.4 is 0 Å². The second-order valence-electron chi connectivity index (χ2n) is 3.54. The fraction of sp³-hybridized carbons (Fsp3) is 0.889. The van der Waals surface area contributed by atoms with Crippen molar-refractivity contribution < 1.29 is 9.53 Å². The zero-order chi connectivity index (χ0) is 9.84. The van der Waals surface area contributed by atoms with Crippen molar-refractivity contribution in [3.8, 4) is 0 Å². The van der Waals surface area contributed by atoms with E-state index in [-0.39, 0.29) is 12.0 Å². The molecule has 0 unspecified atom stereocenters. The lowest BCUT2D eigenvalue weighted by Gasteiger charge is -2.35. The zero-order valence-electron chi connectivity index (χ0n) is 8.62. The second kappa shape index (κ2) is 4.58. The highest BCUT2D eigenvalue weighted by atomic mass is 16.5. The minimum atomic E-state index is -0.135. The summed E-state index contributed by atoms with van der Waals surface area (Å²) in [7, 11) is 3.54. The van der Waals surface area contributed by atoms with Gasteiger partial charge in [-0.2, -0.15) is 0 Å². The van der Waals surface area contributed by atoms with Crippen LogP contribution in [0.5, 0.6) is 0 Å². The largest absolute Gasteiger partial charge is 0.468 e. The van der Waals surface area contributed by atoms with Gasteiger partial charge in [-0.3, -0.25) is 9.69 Å². The number of rotatable bonds is 2. The molecule has 1 aliphatic heterocycles. The van der Waals surface area contributed by atoms with Crippen LogP contribution in [0.25, 0.3) is 0 Å². The van der Waals surface area contributed by atoms with Crippen LogP contribution >= 0.6 is 0 Å². The molecule has 0 aliphatic carbocycles. The van der Waals surface area contributed by atoms with Gasteiger partial charge in [0.25, 0.3) is 0 Å². The molecule has 4 heteroatoms. The molecule has 1 heterocycles. The Morgan fingerprint density at radius 1 is 1.31 bits per heavy atom. The van der Waals surface area contributed by atoms with Crippen LogP contribution in [0.15, 0.2) is 0 Å². The molecule has 0 radical (unpaired) electrons. The van der Waals surface area contributed by atoms with Crippen LogP contribution in [0.4, 0.5) is 0 Å². The third kappa shape index (κ3) is 2.67. The summed E-state index contributed by atoms with van der Waals surface area (Å²) in [5.41, 5.74) is 0. The van der Waals surface area contributed by atoms with Gasteiger partial charge in [0.05, 0.1) is 7.11 Å². The first kappa shape index (κ1) is 10.5. The minimum Gasteiger partial charge on any atom is -0.468 e. The van der Waals surface area contributed by atoms with Crippen LogP contribution in [0.2, 0.25) is 0 Å². The summed E-state index contributed by atoms with van der Waals surface area (Å²) < 4.78 is 4.70. The molecule has 1 aliphatic rings. The summed E-state index contributed by atoms with van der Waals surface area (Å²) in [4.78, 5) is 15.6. The molecule has 0 aromatic rings. The predicted octanol–water partition coefficient (Wildman–Crippen LogP) is -0.205. The topological polar surface area (TPSA) is 32.8 Å². The van der Waals surface area contributed by atoms with Gasteiger partial charge in [-0.05, 0) is 14.0 Å². The van der Waals surface area contributed by atoms with E-state index < -0.39 is 0 Å². The molecule has 0 bridgehead atoms. The molecule has 0 amide bonds. The Kier molecular flexibility index (Phi) is 3.69. The first-order chi connectivity index (χ1) is 6.15. The molecule has 0 aromatic heterocycles. The van der Waals surface area contributed by atoms with Gasteiger partial charge in [-0.1, -0.05) is 0 Å². The number of ether oxygens (including phenoxy) is 1. The van der Waals surface area contributed by atoms with Gasteiger partial charge < -0.3 is 9.64 Å². The maximum absolute atomic E-state index is 11.2. The number of hydrogen-bond donors (Lipinski definition) is 0. The first-order valence-electron chi connectivity index (χ1n) is 4.65. The van der Waals surface area contributed by atoms with Crippen molar-refractivity contribution in [2.45, 2.75) is 13.0 Å². The average molecular weight is 186 g/mol. The standard InChI is InChI=1S/C9H18N2O2/c1-8(9(12)13-3)11-6-4-10(2)5-7-11/h8H,4-7H2,1-3H3/t8-/m1/s1. The van der Waals surface area contributed by atoms with Gasteiger partial charge in [0.1, 0.15) is 6.04 Å². The van der Waals surface area contributed by atoms with Crippen LogP contribution in [0.3, 0.4) is 0 Å². The normalized spacial score (nSPS) is 22.7. The lowest BCUT2D eigenvalue weighted by atomic mass is 10.2. The molecule has 4 nitrogen and oxygen atoms in total. The van der Waals surface area contributed by atoms with Crippen molar-refractivity contribution in [1.82, 2.24) is 9.80 Å². The smallest absolute Gasteiger partial charge is 0.322 e. The van der Waals surface area contributed by atoms with E-state index >= 15 is 0 Å². The number of esters is 1. The molecular weight excluding hydrogens is 168 g/mol. The number of likely N-dealkylation sites (N-methyl/N-ethyl adjacent to an activating group) is 1. The van der Waals surface area contributed by atoms with E-state index in [1.807, 2.05) is 6.92 Å². The summed E-state index contributed by atoms with van der Waals surface area (Å²) in [6, 6.07) is -0.0984. The van der Waals surface area contributed by atoms with Gasteiger partial charge >= 0.3 is 5.97 Å². The zero-order valence-corrected chi connectivity index (χ0v) is 8.62. The van der Waals surface area contributed by atoms with Gasteiger partial charge in [-0.25, -0.2) is 0 Å². The maximum atomic E-state index is 11.2. The molecule has 0 aromatic carbocycles. The second-order valence-corrected chi connectivity index (χ2v) is 3.54. The molecular formula is C9H18N2O2. The fourth-order valence-electron chi connectivity index (χ4n) is 1.53. The highest BCUT2D eigenvalue weighted by Crippen LogP contribution is 2.05. The quantitative estimate of drug-likeness (QED) is 0.559. The van der Waals surface area contributed by atoms with Crippen molar-refractivity contribution in [3.63, 3.8) is 0 Å². The predicted molar refractivity (Wildman–Crippen MR) is 50.5 cm³/mol. The number of carbonyl (C=O) groups is 1. The SMILES string of the molecule is COC(=O)[C@@H](C)N1CCN(C)CC1. The number of methoxy groups -OCH3 is 1.